The second-order valence-electron chi connectivity index (χ2n) is 3.97. The number of nitrogens with two attached hydrogens (primary N) is 1. The van der Waals surface area contributed by atoms with Crippen molar-refractivity contribution in [1.29, 1.82) is 0 Å². The Labute approximate surface area is 102 Å². The third kappa shape index (κ3) is 3.97. The topological polar surface area (TPSA) is 38.0 Å². The van der Waals surface area contributed by atoms with Crippen LogP contribution in [0.25, 0.3) is 0 Å². The zero-order valence-electron chi connectivity index (χ0n) is 9.67. The Morgan fingerprint density at radius 2 is 2.19 bits per heavy atom. The van der Waals surface area contributed by atoms with Crippen LogP contribution in [0.4, 0.5) is 0 Å². The van der Waals surface area contributed by atoms with Crippen molar-refractivity contribution < 1.29 is 0 Å². The molecule has 0 saturated carbocycles. The molecular weight excluding hydrogens is 220 g/mol. The minimum Gasteiger partial charge on any atom is -0.271 e. The second-order valence-corrected chi connectivity index (χ2v) is 4.37. The molecule has 0 bridgehead atoms. The predicted molar refractivity (Wildman–Crippen MR) is 70.3 cm³/mol. The van der Waals surface area contributed by atoms with Gasteiger partial charge in [0, 0.05) is 11.1 Å². The molecule has 3 N–H and O–H groups in total. The number of hydrazine groups is 1. The van der Waals surface area contributed by atoms with E-state index < -0.39 is 0 Å². The van der Waals surface area contributed by atoms with Crippen molar-refractivity contribution in [2.75, 3.05) is 0 Å². The molecule has 1 aromatic rings. The van der Waals surface area contributed by atoms with E-state index in [1.807, 2.05) is 24.3 Å². The highest BCUT2D eigenvalue weighted by Crippen LogP contribution is 2.18. The van der Waals surface area contributed by atoms with E-state index in [4.69, 9.17) is 17.4 Å². The molecule has 1 rings (SSSR count). The van der Waals surface area contributed by atoms with Gasteiger partial charge in [-0.15, -0.1) is 0 Å². The van der Waals surface area contributed by atoms with Gasteiger partial charge in [0.25, 0.3) is 0 Å². The molecule has 0 saturated heterocycles. The quantitative estimate of drug-likeness (QED) is 0.454. The molecule has 0 aromatic heterocycles. The third-order valence-corrected chi connectivity index (χ3v) is 3.06. The van der Waals surface area contributed by atoms with E-state index in [1.54, 1.807) is 0 Å². The van der Waals surface area contributed by atoms with Gasteiger partial charge in [-0.2, -0.15) is 0 Å². The number of nitrogens with one attached hydrogen (secondary N) is 1. The Morgan fingerprint density at radius 3 is 2.75 bits per heavy atom. The number of benzene rings is 1. The van der Waals surface area contributed by atoms with Crippen molar-refractivity contribution in [3.63, 3.8) is 0 Å². The van der Waals surface area contributed by atoms with Gasteiger partial charge in [0.1, 0.15) is 0 Å². The number of halogens is 1. The summed E-state index contributed by atoms with van der Waals surface area (Å²) >= 11 is 6.10. The van der Waals surface area contributed by atoms with Gasteiger partial charge in [-0.1, -0.05) is 48.9 Å². The molecule has 1 unspecified atom stereocenters. The van der Waals surface area contributed by atoms with Gasteiger partial charge in [0.2, 0.25) is 0 Å². The Morgan fingerprint density at radius 1 is 1.50 bits per heavy atom. The summed E-state index contributed by atoms with van der Waals surface area (Å²) in [6.45, 7) is 6.10. The van der Waals surface area contributed by atoms with Gasteiger partial charge >= 0.3 is 0 Å². The van der Waals surface area contributed by atoms with Crippen LogP contribution in [-0.4, -0.2) is 6.04 Å². The van der Waals surface area contributed by atoms with Crippen molar-refractivity contribution in [2.24, 2.45) is 5.84 Å². The van der Waals surface area contributed by atoms with E-state index in [9.17, 15) is 0 Å². The van der Waals surface area contributed by atoms with E-state index in [0.29, 0.717) is 0 Å². The molecule has 88 valence electrons. The summed E-state index contributed by atoms with van der Waals surface area (Å²) in [4.78, 5) is 0. The van der Waals surface area contributed by atoms with Gasteiger partial charge in [0.15, 0.2) is 0 Å². The summed E-state index contributed by atoms with van der Waals surface area (Å²) in [5, 5.41) is 0.796. The van der Waals surface area contributed by atoms with Crippen molar-refractivity contribution in [1.82, 2.24) is 5.43 Å². The van der Waals surface area contributed by atoms with Gasteiger partial charge in [-0.05, 0) is 30.9 Å². The summed E-state index contributed by atoms with van der Waals surface area (Å²) in [5.41, 5.74) is 5.15. The molecule has 0 radical (unpaired) electrons. The maximum absolute atomic E-state index is 6.10. The molecule has 16 heavy (non-hydrogen) atoms. The SMILES string of the molecule is C=C(CC)CC(Cc1ccccc1Cl)NN. The molecule has 0 aliphatic heterocycles. The molecule has 0 amide bonds. The summed E-state index contributed by atoms with van der Waals surface area (Å²) in [6, 6.07) is 8.05. The highest BCUT2D eigenvalue weighted by atomic mass is 35.5. The monoisotopic (exact) mass is 238 g/mol. The fourth-order valence-corrected chi connectivity index (χ4v) is 1.83. The predicted octanol–water partition coefficient (Wildman–Crippen LogP) is 3.07. The minimum absolute atomic E-state index is 0.201. The van der Waals surface area contributed by atoms with E-state index in [0.717, 1.165) is 29.8 Å². The molecule has 0 spiro atoms. The molecule has 0 fully saturated rings. The molecule has 0 aliphatic carbocycles. The third-order valence-electron chi connectivity index (χ3n) is 2.69. The molecule has 0 heterocycles. The Hall–Kier alpha value is -0.830. The average molecular weight is 239 g/mol. The summed E-state index contributed by atoms with van der Waals surface area (Å²) in [7, 11) is 0. The summed E-state index contributed by atoms with van der Waals surface area (Å²) in [5.74, 6) is 5.54. The maximum Gasteiger partial charge on any atom is 0.0438 e. The first kappa shape index (κ1) is 13.2. The van der Waals surface area contributed by atoms with Crippen molar-refractivity contribution in [3.8, 4) is 0 Å². The van der Waals surface area contributed by atoms with Crippen LogP contribution in [0, 0.1) is 0 Å². The Bertz CT molecular complexity index is 350. The van der Waals surface area contributed by atoms with Crippen LogP contribution in [0.2, 0.25) is 5.02 Å². The Balaban J connectivity index is 2.63. The van der Waals surface area contributed by atoms with E-state index in [1.165, 1.54) is 5.57 Å². The van der Waals surface area contributed by atoms with Crippen molar-refractivity contribution in [3.05, 3.63) is 47.0 Å². The lowest BCUT2D eigenvalue weighted by Gasteiger charge is -2.17. The van der Waals surface area contributed by atoms with Gasteiger partial charge < -0.3 is 0 Å². The lowest BCUT2D eigenvalue weighted by Crippen LogP contribution is -2.37. The smallest absolute Gasteiger partial charge is 0.0438 e. The van der Waals surface area contributed by atoms with Crippen molar-refractivity contribution >= 4 is 11.6 Å². The molecular formula is C13H19ClN2. The van der Waals surface area contributed by atoms with Gasteiger partial charge in [0.05, 0.1) is 0 Å². The average Bonchev–Trinajstić information content (AvgIpc) is 2.30. The summed E-state index contributed by atoms with van der Waals surface area (Å²) in [6.07, 6.45) is 2.70. The van der Waals surface area contributed by atoms with Crippen LogP contribution in [0.3, 0.4) is 0 Å². The highest BCUT2D eigenvalue weighted by Gasteiger charge is 2.10. The maximum atomic E-state index is 6.10. The van der Waals surface area contributed by atoms with Crippen LogP contribution >= 0.6 is 11.6 Å². The van der Waals surface area contributed by atoms with Gasteiger partial charge in [-0.25, -0.2) is 0 Å². The minimum atomic E-state index is 0.201. The Kier molecular flexibility index (Phi) is 5.53. The number of hydrogen-bond donors (Lipinski definition) is 2. The van der Waals surface area contributed by atoms with Crippen LogP contribution in [0.15, 0.2) is 36.4 Å². The molecule has 1 aromatic carbocycles. The van der Waals surface area contributed by atoms with Crippen LogP contribution in [0.1, 0.15) is 25.3 Å². The van der Waals surface area contributed by atoms with Gasteiger partial charge in [-0.3, -0.25) is 11.3 Å². The first-order valence-electron chi connectivity index (χ1n) is 5.53. The standard InChI is InChI=1S/C13H19ClN2/c1-3-10(2)8-12(16-15)9-11-6-4-5-7-13(11)14/h4-7,12,16H,2-3,8-9,15H2,1H3. The highest BCUT2D eigenvalue weighted by molar-refractivity contribution is 6.31. The first-order chi connectivity index (χ1) is 7.67. The number of rotatable bonds is 6. The fourth-order valence-electron chi connectivity index (χ4n) is 1.61. The lowest BCUT2D eigenvalue weighted by molar-refractivity contribution is 0.517. The van der Waals surface area contributed by atoms with Crippen LogP contribution in [0.5, 0.6) is 0 Å². The normalized spacial score (nSPS) is 12.4. The first-order valence-corrected chi connectivity index (χ1v) is 5.91. The molecule has 0 aliphatic rings. The number of hydrogen-bond acceptors (Lipinski definition) is 2. The van der Waals surface area contributed by atoms with E-state index in [2.05, 4.69) is 18.9 Å². The molecule has 2 nitrogen and oxygen atoms in total. The molecule has 3 heteroatoms. The zero-order chi connectivity index (χ0) is 12.0. The van der Waals surface area contributed by atoms with Crippen LogP contribution < -0.4 is 11.3 Å². The molecule has 1 atom stereocenters. The lowest BCUT2D eigenvalue weighted by atomic mass is 9.99. The summed E-state index contributed by atoms with van der Waals surface area (Å²) < 4.78 is 0. The van der Waals surface area contributed by atoms with Crippen molar-refractivity contribution in [2.45, 2.75) is 32.2 Å². The largest absolute Gasteiger partial charge is 0.271 e. The fraction of sp³-hybridized carbons (Fsp3) is 0.385. The second kappa shape index (κ2) is 6.69. The van der Waals surface area contributed by atoms with E-state index in [-0.39, 0.29) is 6.04 Å². The zero-order valence-corrected chi connectivity index (χ0v) is 10.4. The van der Waals surface area contributed by atoms with Crippen LogP contribution in [-0.2, 0) is 6.42 Å². The van der Waals surface area contributed by atoms with E-state index >= 15 is 0 Å².